The summed E-state index contributed by atoms with van der Waals surface area (Å²) in [6, 6.07) is 20.6. The minimum Gasteiger partial charge on any atom is -0.508 e. The Bertz CT molecular complexity index is 3410. The van der Waals surface area contributed by atoms with Crippen LogP contribution in [-0.4, -0.2) is 116 Å². The molecule has 0 spiro atoms. The van der Waals surface area contributed by atoms with Crippen LogP contribution in [0.25, 0.3) is 33.4 Å². The molecule has 0 radical (unpaired) electrons. The van der Waals surface area contributed by atoms with Crippen molar-refractivity contribution >= 4 is 81.9 Å². The Hall–Kier alpha value is -9.38. The van der Waals surface area contributed by atoms with Gasteiger partial charge in [0.15, 0.2) is 10.5 Å². The summed E-state index contributed by atoms with van der Waals surface area (Å²) in [5.41, 5.74) is 2.57. The number of carbonyl (C=O) groups is 8. The molecule has 2 aliphatic rings. The first-order valence-electron chi connectivity index (χ1n) is 29.1. The molecule has 6 rings (SSSR count). The number of aromatic carboxylic acids is 1. The number of amides is 6. The zero-order chi connectivity index (χ0) is 63.2. The molecule has 1 aliphatic carbocycles. The van der Waals surface area contributed by atoms with Crippen molar-refractivity contribution in [1.82, 2.24) is 37.2 Å². The number of rotatable bonds is 33. The summed E-state index contributed by atoms with van der Waals surface area (Å²) in [6.45, 7) is 7.80. The van der Waals surface area contributed by atoms with E-state index in [4.69, 9.17) is 16.6 Å². The molecular formula is C64H76N8O14S. The lowest BCUT2D eigenvalue weighted by molar-refractivity contribution is -0.142. The van der Waals surface area contributed by atoms with Crippen molar-refractivity contribution in [2.75, 3.05) is 11.9 Å². The Morgan fingerprint density at radius 3 is 1.76 bits per heavy atom. The third kappa shape index (κ3) is 19.8. The summed E-state index contributed by atoms with van der Waals surface area (Å²) in [7, 11) is 0. The predicted molar refractivity (Wildman–Crippen MR) is 332 cm³/mol. The maximum absolute atomic E-state index is 14.5. The number of hydrogen-bond acceptors (Lipinski definition) is 13. The maximum Gasteiger partial charge on any atom is 0.336 e. The van der Waals surface area contributed by atoms with E-state index in [0.717, 1.165) is 6.42 Å². The van der Waals surface area contributed by atoms with E-state index >= 15 is 0 Å². The number of anilines is 1. The Balaban J connectivity index is 1.12. The predicted octanol–water partition coefficient (Wildman–Crippen LogP) is 6.67. The van der Waals surface area contributed by atoms with Gasteiger partial charge in [0.2, 0.25) is 35.9 Å². The van der Waals surface area contributed by atoms with Gasteiger partial charge >= 0.3 is 11.9 Å². The molecule has 0 unspecified atom stereocenters. The molecule has 6 atom stereocenters. The van der Waals surface area contributed by atoms with Gasteiger partial charge in [0.1, 0.15) is 59.1 Å². The van der Waals surface area contributed by atoms with Gasteiger partial charge in [-0.1, -0.05) is 102 Å². The third-order valence-corrected chi connectivity index (χ3v) is 14.7. The van der Waals surface area contributed by atoms with Crippen LogP contribution in [0.4, 0.5) is 5.69 Å². The van der Waals surface area contributed by atoms with Crippen LogP contribution in [-0.2, 0) is 46.4 Å². The number of unbranched alkanes of at least 4 members (excludes halogenated alkanes) is 3. The molecule has 4 aromatic rings. The minimum atomic E-state index is -1.42. The second-order valence-corrected chi connectivity index (χ2v) is 22.1. The number of aromatic hydroxyl groups is 2. The first-order chi connectivity index (χ1) is 41.7. The number of carboxylic acids is 2. The largest absolute Gasteiger partial charge is 0.508 e. The third-order valence-electron chi connectivity index (χ3n) is 14.5. The number of phenols is 2. The van der Waals surface area contributed by atoms with E-state index in [0.29, 0.717) is 77.4 Å². The molecule has 1 heterocycles. The summed E-state index contributed by atoms with van der Waals surface area (Å²) in [5, 5.41) is 63.8. The normalized spacial score (nSPS) is 13.2. The highest BCUT2D eigenvalue weighted by Gasteiger charge is 2.34. The molecule has 4 aromatic carbocycles. The van der Waals surface area contributed by atoms with Crippen LogP contribution in [0.1, 0.15) is 113 Å². The number of aliphatic carboxylic acids is 1. The van der Waals surface area contributed by atoms with E-state index in [1.54, 1.807) is 66.7 Å². The number of thiocarbonyl (C=S) groups is 1. The molecule has 0 aromatic heterocycles. The molecule has 23 heteroatoms. The number of carbonyl (C=O) groups excluding carboxylic acids is 6. The van der Waals surface area contributed by atoms with Crippen molar-refractivity contribution in [1.29, 1.82) is 0 Å². The van der Waals surface area contributed by atoms with Gasteiger partial charge in [-0.05, 0) is 122 Å². The molecule has 87 heavy (non-hydrogen) atoms. The van der Waals surface area contributed by atoms with Gasteiger partial charge < -0.3 is 67.4 Å². The highest BCUT2D eigenvalue weighted by Crippen LogP contribution is 2.42. The Kier molecular flexibility index (Phi) is 25.1. The molecule has 22 nitrogen and oxygen atoms in total. The van der Waals surface area contributed by atoms with Gasteiger partial charge in [-0.15, -0.1) is 0 Å². The number of carboxylic acid groups (broad SMARTS) is 2. The van der Waals surface area contributed by atoms with Crippen LogP contribution >= 0.6 is 12.2 Å². The number of nitrogens with one attached hydrogen (secondary N) is 8. The van der Waals surface area contributed by atoms with Gasteiger partial charge in [0, 0.05) is 53.7 Å². The van der Waals surface area contributed by atoms with Crippen molar-refractivity contribution in [3.05, 3.63) is 136 Å². The van der Waals surface area contributed by atoms with Gasteiger partial charge in [-0.25, -0.2) is 9.59 Å². The Labute approximate surface area is 509 Å². The molecule has 0 saturated carbocycles. The number of fused-ring (bicyclic) bond motifs is 2. The lowest BCUT2D eigenvalue weighted by atomic mass is 9.90. The molecule has 1 aliphatic heterocycles. The second kappa shape index (κ2) is 32.8. The SMILES string of the molecule is CCCC[C@H](NC=O)C(=O)N[C@@H](CC(C)C)C(=O)N[C@@H](Cc1ccccc1)C(=O)N[C@@H](CCCC)C(=O)N[C@@H](Cc1ccc(O)cc1)C(=O)N[C@@H](CCCCNC(=S)Nc1ccc(-c2c3ccc(=O)cc-3oc3cc(O)ccc23)c(C(=O)O)c1)C(=O)O. The average Bonchev–Trinajstić information content (AvgIpc) is 0.869. The smallest absolute Gasteiger partial charge is 0.336 e. The zero-order valence-corrected chi connectivity index (χ0v) is 49.8. The molecule has 462 valence electrons. The standard InChI is InChI=1S/C64H76N8O14S/c1-5-7-16-48(66-36-73)57(77)70-51(30-37(3)4)59(79)72-52(31-38-14-10-9-11-15-38)60(80)68-49(17-8-6-2)58(78)71-53(32-39-19-22-41(74)23-20-39)61(81)69-50(63(84)85)18-12-13-29-65-64(87)67-40-21-26-44(47(33-40)62(82)83)56-45-27-24-42(75)34-54(45)86-55-35-43(76)25-28-46(55)56/h9-11,14-15,19-28,33-37,48-53,74-75H,5-8,12-13,16-18,29-32H2,1-4H3,(H,66,73)(H,68,80)(H,69,81)(H,70,77)(H,71,78)(H,72,79)(H,82,83)(H,84,85)(H2,65,67,87)/t48-,49-,50-,51-,52-,53-/m0/s1. The van der Waals surface area contributed by atoms with E-state index in [-0.39, 0.29) is 89.9 Å². The molecule has 12 N–H and O–H groups in total. The quantitative estimate of drug-likeness (QED) is 0.00886. The van der Waals surface area contributed by atoms with Gasteiger partial charge in [0.25, 0.3) is 0 Å². The average molecular weight is 1210 g/mol. The highest BCUT2D eigenvalue weighted by molar-refractivity contribution is 7.80. The van der Waals surface area contributed by atoms with E-state index in [1.807, 2.05) is 27.7 Å². The van der Waals surface area contributed by atoms with E-state index in [1.165, 1.54) is 42.5 Å². The fourth-order valence-corrected chi connectivity index (χ4v) is 10.2. The van der Waals surface area contributed by atoms with Crippen LogP contribution in [0, 0.1) is 5.92 Å². The first kappa shape index (κ1) is 66.8. The summed E-state index contributed by atoms with van der Waals surface area (Å²) in [6.07, 6.45) is 4.00. The van der Waals surface area contributed by atoms with Gasteiger partial charge in [-0.3, -0.25) is 33.6 Å². The lowest BCUT2D eigenvalue weighted by Crippen LogP contribution is -2.60. The molecule has 0 bridgehead atoms. The summed E-state index contributed by atoms with van der Waals surface area (Å²) in [4.78, 5) is 120. The Morgan fingerprint density at radius 1 is 0.586 bits per heavy atom. The summed E-state index contributed by atoms with van der Waals surface area (Å²) >= 11 is 5.53. The fraction of sp³-hybridized carbons (Fsp3) is 0.375. The Morgan fingerprint density at radius 2 is 1.14 bits per heavy atom. The first-order valence-corrected chi connectivity index (χ1v) is 29.5. The number of hydrogen-bond donors (Lipinski definition) is 12. The summed E-state index contributed by atoms with van der Waals surface area (Å²) < 4.78 is 5.92. The lowest BCUT2D eigenvalue weighted by Gasteiger charge is -2.28. The van der Waals surface area contributed by atoms with Gasteiger partial charge in [-0.2, -0.15) is 0 Å². The number of benzene rings is 5. The second-order valence-electron chi connectivity index (χ2n) is 21.7. The van der Waals surface area contributed by atoms with Crippen molar-refractivity contribution in [2.45, 2.75) is 141 Å². The van der Waals surface area contributed by atoms with Crippen LogP contribution in [0.3, 0.4) is 0 Å². The van der Waals surface area contributed by atoms with Gasteiger partial charge in [0.05, 0.1) is 5.56 Å². The monoisotopic (exact) mass is 1210 g/mol. The van der Waals surface area contributed by atoms with Crippen LogP contribution < -0.4 is 48.0 Å². The topological polar surface area (TPSA) is 344 Å². The van der Waals surface area contributed by atoms with Crippen LogP contribution in [0.5, 0.6) is 11.5 Å². The number of phenolic OH excluding ortho intramolecular Hbond substituents is 2. The molecule has 6 amide bonds. The highest BCUT2D eigenvalue weighted by atomic mass is 32.1. The van der Waals surface area contributed by atoms with E-state index in [2.05, 4.69) is 42.5 Å². The van der Waals surface area contributed by atoms with Crippen molar-refractivity contribution in [2.24, 2.45) is 5.92 Å². The fourth-order valence-electron chi connectivity index (χ4n) is 9.93. The van der Waals surface area contributed by atoms with E-state index in [9.17, 15) is 63.6 Å². The van der Waals surface area contributed by atoms with Crippen molar-refractivity contribution in [3.63, 3.8) is 0 Å². The van der Waals surface area contributed by atoms with Crippen molar-refractivity contribution < 1.29 is 63.2 Å². The maximum atomic E-state index is 14.5. The van der Waals surface area contributed by atoms with E-state index < -0.39 is 77.7 Å². The summed E-state index contributed by atoms with van der Waals surface area (Å²) in [5.74, 6) is -6.18. The van der Waals surface area contributed by atoms with Crippen LogP contribution in [0.2, 0.25) is 0 Å². The molecular weight excluding hydrogens is 1140 g/mol. The van der Waals surface area contributed by atoms with Crippen LogP contribution in [0.15, 0.2) is 118 Å². The zero-order valence-electron chi connectivity index (χ0n) is 49.0. The van der Waals surface area contributed by atoms with Crippen molar-refractivity contribution in [3.8, 4) is 33.9 Å². The molecule has 0 saturated heterocycles. The minimum absolute atomic E-state index is 0.00774. The molecule has 0 fully saturated rings.